The van der Waals surface area contributed by atoms with Gasteiger partial charge in [0, 0.05) is 19.5 Å². The molecule has 0 saturated heterocycles. The molecule has 0 radical (unpaired) electrons. The number of hydrogen-bond acceptors (Lipinski definition) is 0. The molecule has 0 aliphatic rings. The molecule has 0 aliphatic heterocycles. The van der Waals surface area contributed by atoms with Crippen molar-refractivity contribution in [2.75, 3.05) is 0 Å². The van der Waals surface area contributed by atoms with E-state index in [1.165, 1.54) is 0 Å². The van der Waals surface area contributed by atoms with Gasteiger partial charge in [-0.1, -0.05) is 0 Å². The van der Waals surface area contributed by atoms with E-state index in [0.29, 0.717) is 0 Å². The van der Waals surface area contributed by atoms with Gasteiger partial charge in [-0.3, -0.25) is 0 Å². The van der Waals surface area contributed by atoms with Gasteiger partial charge in [0.2, 0.25) is 0 Å². The van der Waals surface area contributed by atoms with Crippen molar-refractivity contribution in [3.05, 3.63) is 0 Å². The molecule has 2 N–H and O–H groups in total. The Morgan fingerprint density at radius 1 is 1.00 bits per heavy atom. The van der Waals surface area contributed by atoms with Gasteiger partial charge in [0.05, 0.1) is 0 Å². The summed E-state index contributed by atoms with van der Waals surface area (Å²) in [4.78, 5) is 0. The average Bonchev–Trinajstić information content (AvgIpc) is 0.722. The molecule has 0 bridgehead atoms. The van der Waals surface area contributed by atoms with E-state index in [1.807, 2.05) is 0 Å². The summed E-state index contributed by atoms with van der Waals surface area (Å²) in [6, 6.07) is 0. The predicted octanol–water partition coefficient (Wildman–Crippen LogP) is 0.585. The molecule has 0 atom stereocenters. The summed E-state index contributed by atoms with van der Waals surface area (Å²) in [6.07, 6.45) is 0. The second-order valence-corrected chi connectivity index (χ2v) is 0.495. The second-order valence-electron chi connectivity index (χ2n) is 0.495. The zero-order valence-electron chi connectivity index (χ0n) is 4.30. The van der Waals surface area contributed by atoms with E-state index >= 15 is 0 Å². The first-order valence-corrected chi connectivity index (χ1v) is 0.873. The van der Waals surface area contributed by atoms with Crippen molar-refractivity contribution in [1.82, 2.24) is 0 Å². The Morgan fingerprint density at radius 3 is 1.00 bits per heavy atom. The van der Waals surface area contributed by atoms with Crippen LogP contribution < -0.4 is 0 Å². The fraction of sp³-hybridized carbons (Fsp3) is 0. The Labute approximate surface area is 51.7 Å². The van der Waals surface area contributed by atoms with E-state index < -0.39 is 7.25 Å². The third-order valence-electron chi connectivity index (χ3n) is 0. The van der Waals surface area contributed by atoms with Crippen molar-refractivity contribution >= 4 is 7.25 Å². The minimum absolute atomic E-state index is 0. The van der Waals surface area contributed by atoms with Crippen LogP contribution in [0.2, 0.25) is 0 Å². The first-order chi connectivity index (χ1) is 2.00. The Hall–Kier alpha value is 0.368. The van der Waals surface area contributed by atoms with Crippen LogP contribution in [-0.2, 0) is 19.5 Å². The van der Waals surface area contributed by atoms with E-state index in [9.17, 15) is 17.3 Å². The summed E-state index contributed by atoms with van der Waals surface area (Å²) in [6.45, 7) is 0. The van der Waals surface area contributed by atoms with E-state index in [-0.39, 0.29) is 26.4 Å². The van der Waals surface area contributed by atoms with Gasteiger partial charge in [0.15, 0.2) is 0 Å². The van der Waals surface area contributed by atoms with Gasteiger partial charge in [-0.2, -0.15) is 0 Å². The number of hydrogen-bond donors (Lipinski definition) is 0. The molecule has 7 heteroatoms. The normalized spacial score (nSPS) is 8.57. The molecule has 42 valence electrons. The average molecular weight is 171 g/mol. The predicted molar refractivity (Wildman–Crippen MR) is 14.9 cm³/mol. The second kappa shape index (κ2) is 4.53. The minimum atomic E-state index is -6.00. The maximum Gasteiger partial charge on any atom is 1.00 e. The molecular weight excluding hydrogens is 168 g/mol. The van der Waals surface area contributed by atoms with E-state index in [2.05, 4.69) is 0 Å². The van der Waals surface area contributed by atoms with Crippen molar-refractivity contribution in [3.8, 4) is 0 Å². The third-order valence-corrected chi connectivity index (χ3v) is 0. The maximum atomic E-state index is 9.75. The van der Waals surface area contributed by atoms with E-state index in [1.54, 1.807) is 0 Å². The largest absolute Gasteiger partial charge is 1.00 e. The van der Waals surface area contributed by atoms with Crippen LogP contribution >= 0.6 is 0 Å². The van der Waals surface area contributed by atoms with Crippen molar-refractivity contribution in [2.45, 2.75) is 0 Å². The van der Waals surface area contributed by atoms with Crippen LogP contribution in [0.25, 0.3) is 0 Å². The van der Waals surface area contributed by atoms with Crippen LogP contribution in [0, 0.1) is 0 Å². The van der Waals surface area contributed by atoms with Crippen molar-refractivity contribution in [3.63, 3.8) is 0 Å². The summed E-state index contributed by atoms with van der Waals surface area (Å²) in [5.74, 6) is 0. The molecular formula is H3BF4OZn. The molecule has 1 nitrogen and oxygen atoms in total. The molecule has 0 aromatic heterocycles. The summed E-state index contributed by atoms with van der Waals surface area (Å²) in [5, 5.41) is 0. The molecule has 0 rings (SSSR count). The van der Waals surface area contributed by atoms with Crippen molar-refractivity contribution in [2.24, 2.45) is 0 Å². The van der Waals surface area contributed by atoms with Gasteiger partial charge in [0.25, 0.3) is 0 Å². The van der Waals surface area contributed by atoms with Crippen LogP contribution in [0.1, 0.15) is 1.43 Å². The number of rotatable bonds is 0. The van der Waals surface area contributed by atoms with Gasteiger partial charge < -0.3 is 22.7 Å². The fourth-order valence-electron chi connectivity index (χ4n) is 0. The molecule has 0 heterocycles. The van der Waals surface area contributed by atoms with Crippen LogP contribution in [0.4, 0.5) is 17.3 Å². The Kier molecular flexibility index (Phi) is 10.1. The first kappa shape index (κ1) is 15.7. The Balaban J connectivity index is -0.0000000267. The zero-order valence-corrected chi connectivity index (χ0v) is 6.26. The monoisotopic (exact) mass is 170 g/mol. The van der Waals surface area contributed by atoms with Gasteiger partial charge in [-0.05, 0) is 0 Å². The van der Waals surface area contributed by atoms with E-state index in [0.717, 1.165) is 0 Å². The summed E-state index contributed by atoms with van der Waals surface area (Å²) >= 11 is 0. The fourth-order valence-corrected chi connectivity index (χ4v) is 0. The van der Waals surface area contributed by atoms with Crippen LogP contribution in [0.5, 0.6) is 0 Å². The molecule has 0 aromatic carbocycles. The van der Waals surface area contributed by atoms with Gasteiger partial charge in [0.1, 0.15) is 0 Å². The van der Waals surface area contributed by atoms with Crippen molar-refractivity contribution in [1.29, 1.82) is 0 Å². The summed E-state index contributed by atoms with van der Waals surface area (Å²) < 4.78 is 39.0. The van der Waals surface area contributed by atoms with Crippen LogP contribution in [-0.4, -0.2) is 12.7 Å². The van der Waals surface area contributed by atoms with Crippen LogP contribution in [0.15, 0.2) is 0 Å². The van der Waals surface area contributed by atoms with E-state index in [4.69, 9.17) is 0 Å². The smallest absolute Gasteiger partial charge is 0.418 e. The standard InChI is InChI=1S/BF4.H2O.Zn/c2-1(3,4)5;;/h;1H2;/q-1;;/p+1. The Morgan fingerprint density at radius 2 is 1.00 bits per heavy atom. The summed E-state index contributed by atoms with van der Waals surface area (Å²) in [7, 11) is -6.00. The topological polar surface area (TPSA) is 31.5 Å². The van der Waals surface area contributed by atoms with Gasteiger partial charge >= 0.3 is 8.68 Å². The summed E-state index contributed by atoms with van der Waals surface area (Å²) in [5.41, 5.74) is 0. The molecule has 7 heavy (non-hydrogen) atoms. The quantitative estimate of drug-likeness (QED) is 0.377. The molecule has 0 spiro atoms. The Bertz CT molecular complexity index is 31.5. The molecule has 0 saturated carbocycles. The zero-order chi connectivity index (χ0) is 4.50. The first-order valence-electron chi connectivity index (χ1n) is 0.873. The molecule has 0 aromatic rings. The molecule has 0 amide bonds. The van der Waals surface area contributed by atoms with Crippen LogP contribution in [0.3, 0.4) is 0 Å². The molecule has 0 unspecified atom stereocenters. The van der Waals surface area contributed by atoms with Gasteiger partial charge in [-0.15, -0.1) is 0 Å². The molecule has 0 fully saturated rings. The number of halogens is 4. The SMILES string of the molecule is F[B-](F)(F)F.O.[H+].[Zn]. The molecule has 0 aliphatic carbocycles. The van der Waals surface area contributed by atoms with Gasteiger partial charge in [-0.25, -0.2) is 0 Å². The third kappa shape index (κ3) is 896. The minimum Gasteiger partial charge on any atom is -0.418 e. The maximum absolute atomic E-state index is 9.75. The van der Waals surface area contributed by atoms with Crippen molar-refractivity contribution < 1.29 is 43.6 Å².